The van der Waals surface area contributed by atoms with E-state index in [9.17, 15) is 5.11 Å². The second-order valence-electron chi connectivity index (χ2n) is 4.75. The van der Waals surface area contributed by atoms with Crippen LogP contribution < -0.4 is 4.74 Å². The zero-order valence-electron chi connectivity index (χ0n) is 11.9. The van der Waals surface area contributed by atoms with E-state index in [0.29, 0.717) is 22.9 Å². The highest BCUT2D eigenvalue weighted by atomic mass is 35.5. The molecule has 0 aliphatic heterocycles. The first-order valence-electron chi connectivity index (χ1n) is 6.63. The summed E-state index contributed by atoms with van der Waals surface area (Å²) in [6, 6.07) is 7.28. The molecule has 1 heterocycles. The zero-order valence-corrected chi connectivity index (χ0v) is 12.7. The smallest absolute Gasteiger partial charge is 0.130 e. The summed E-state index contributed by atoms with van der Waals surface area (Å²) in [7, 11) is 1.90. The Labute approximate surface area is 123 Å². The molecule has 0 saturated carbocycles. The van der Waals surface area contributed by atoms with Gasteiger partial charge in [-0.2, -0.15) is 5.10 Å². The fraction of sp³-hybridized carbons (Fsp3) is 0.400. The molecule has 0 aliphatic carbocycles. The van der Waals surface area contributed by atoms with E-state index >= 15 is 0 Å². The number of halogens is 1. The van der Waals surface area contributed by atoms with Crippen LogP contribution in [-0.4, -0.2) is 14.9 Å². The Kier molecular flexibility index (Phi) is 4.68. The molecule has 1 aromatic carbocycles. The minimum Gasteiger partial charge on any atom is -0.487 e. The minimum atomic E-state index is -0.624. The lowest BCUT2D eigenvalue weighted by atomic mass is 10.1. The van der Waals surface area contributed by atoms with Gasteiger partial charge in [0.25, 0.3) is 0 Å². The average molecular weight is 295 g/mol. The van der Waals surface area contributed by atoms with Gasteiger partial charge < -0.3 is 9.84 Å². The van der Waals surface area contributed by atoms with Gasteiger partial charge in [0.1, 0.15) is 12.4 Å². The number of hydrogen-bond acceptors (Lipinski definition) is 3. The molecule has 0 bridgehead atoms. The van der Waals surface area contributed by atoms with Crippen molar-refractivity contribution in [1.29, 1.82) is 0 Å². The summed E-state index contributed by atoms with van der Waals surface area (Å²) < 4.78 is 7.61. The molecule has 0 aliphatic rings. The van der Waals surface area contributed by atoms with E-state index in [2.05, 4.69) is 12.0 Å². The Bertz CT molecular complexity index is 594. The van der Waals surface area contributed by atoms with Crippen molar-refractivity contribution < 1.29 is 9.84 Å². The maximum absolute atomic E-state index is 9.77. The molecule has 5 heteroatoms. The lowest BCUT2D eigenvalue weighted by molar-refractivity contribution is 0.189. The molecular formula is C15H19ClN2O2. The highest BCUT2D eigenvalue weighted by molar-refractivity contribution is 6.30. The second-order valence-corrected chi connectivity index (χ2v) is 5.19. The summed E-state index contributed by atoms with van der Waals surface area (Å²) in [6.07, 6.45) is 0.273. The third-order valence-corrected chi connectivity index (χ3v) is 3.42. The monoisotopic (exact) mass is 294 g/mol. The Morgan fingerprint density at radius 2 is 2.15 bits per heavy atom. The van der Waals surface area contributed by atoms with Gasteiger partial charge in [-0.15, -0.1) is 0 Å². The maximum Gasteiger partial charge on any atom is 0.130 e. The lowest BCUT2D eigenvalue weighted by Crippen LogP contribution is -2.05. The van der Waals surface area contributed by atoms with Crippen LogP contribution in [-0.2, 0) is 20.1 Å². The topological polar surface area (TPSA) is 47.3 Å². The molecule has 1 atom stereocenters. The van der Waals surface area contributed by atoms with Gasteiger partial charge in [-0.3, -0.25) is 4.68 Å². The quantitative estimate of drug-likeness (QED) is 0.920. The first-order chi connectivity index (χ1) is 9.51. The van der Waals surface area contributed by atoms with Gasteiger partial charge in [0.05, 0.1) is 17.5 Å². The number of aryl methyl sites for hydroxylation is 2. The van der Waals surface area contributed by atoms with Crippen molar-refractivity contribution >= 4 is 11.6 Å². The Morgan fingerprint density at radius 1 is 1.40 bits per heavy atom. The zero-order chi connectivity index (χ0) is 14.7. The second kappa shape index (κ2) is 6.29. The van der Waals surface area contributed by atoms with Crippen LogP contribution in [0.3, 0.4) is 0 Å². The number of rotatable bonds is 5. The SMILES string of the molecule is CCc1cc(COc2ccc(Cl)cc2[C@H](C)O)n(C)n1. The predicted octanol–water partition coefficient (Wildman–Crippen LogP) is 3.27. The molecule has 2 rings (SSSR count). The summed E-state index contributed by atoms with van der Waals surface area (Å²) in [4.78, 5) is 0. The molecule has 0 saturated heterocycles. The Hall–Kier alpha value is -1.52. The van der Waals surface area contributed by atoms with Gasteiger partial charge >= 0.3 is 0 Å². The fourth-order valence-corrected chi connectivity index (χ4v) is 2.19. The summed E-state index contributed by atoms with van der Waals surface area (Å²) in [5.74, 6) is 0.642. The molecule has 20 heavy (non-hydrogen) atoms. The van der Waals surface area contributed by atoms with Gasteiger partial charge in [-0.25, -0.2) is 0 Å². The van der Waals surface area contributed by atoms with E-state index in [1.807, 2.05) is 17.8 Å². The number of benzene rings is 1. The number of hydrogen-bond donors (Lipinski definition) is 1. The van der Waals surface area contributed by atoms with Crippen LogP contribution in [0.15, 0.2) is 24.3 Å². The third kappa shape index (κ3) is 3.32. The van der Waals surface area contributed by atoms with Crippen molar-refractivity contribution in [3.63, 3.8) is 0 Å². The molecule has 0 spiro atoms. The van der Waals surface area contributed by atoms with E-state index in [-0.39, 0.29) is 0 Å². The predicted molar refractivity (Wildman–Crippen MR) is 79.0 cm³/mol. The molecule has 4 nitrogen and oxygen atoms in total. The van der Waals surface area contributed by atoms with Crippen molar-refractivity contribution in [2.45, 2.75) is 33.0 Å². The molecule has 0 fully saturated rings. The molecular weight excluding hydrogens is 276 g/mol. The van der Waals surface area contributed by atoms with Crippen molar-refractivity contribution in [2.24, 2.45) is 7.05 Å². The van der Waals surface area contributed by atoms with Crippen LogP contribution in [0.2, 0.25) is 5.02 Å². The van der Waals surface area contributed by atoms with Gasteiger partial charge in [0.15, 0.2) is 0 Å². The van der Waals surface area contributed by atoms with E-state index in [1.54, 1.807) is 25.1 Å². The first-order valence-corrected chi connectivity index (χ1v) is 7.01. The van der Waals surface area contributed by atoms with E-state index in [4.69, 9.17) is 16.3 Å². The van der Waals surface area contributed by atoms with Gasteiger partial charge in [0, 0.05) is 17.6 Å². The van der Waals surface area contributed by atoms with Crippen molar-refractivity contribution in [3.8, 4) is 5.75 Å². The van der Waals surface area contributed by atoms with Gasteiger partial charge in [-0.05, 0) is 37.6 Å². The summed E-state index contributed by atoms with van der Waals surface area (Å²) >= 11 is 5.94. The Morgan fingerprint density at radius 3 is 2.75 bits per heavy atom. The normalized spacial score (nSPS) is 12.4. The number of nitrogens with zero attached hydrogens (tertiary/aromatic N) is 2. The van der Waals surface area contributed by atoms with E-state index < -0.39 is 6.10 Å². The molecule has 0 radical (unpaired) electrons. The van der Waals surface area contributed by atoms with Crippen LogP contribution in [0.5, 0.6) is 5.75 Å². The number of aliphatic hydroxyl groups excluding tert-OH is 1. The van der Waals surface area contributed by atoms with Crippen LogP contribution in [0.4, 0.5) is 0 Å². The van der Waals surface area contributed by atoms with Crippen LogP contribution in [0.25, 0.3) is 0 Å². The average Bonchev–Trinajstić information content (AvgIpc) is 2.78. The van der Waals surface area contributed by atoms with Crippen LogP contribution in [0.1, 0.15) is 36.9 Å². The van der Waals surface area contributed by atoms with Crippen molar-refractivity contribution in [2.75, 3.05) is 0 Å². The molecule has 2 aromatic rings. The highest BCUT2D eigenvalue weighted by Gasteiger charge is 2.11. The molecule has 1 N–H and O–H groups in total. The lowest BCUT2D eigenvalue weighted by Gasteiger charge is -2.13. The van der Waals surface area contributed by atoms with Gasteiger partial charge in [-0.1, -0.05) is 18.5 Å². The fourth-order valence-electron chi connectivity index (χ4n) is 2.01. The minimum absolute atomic E-state index is 0.408. The Balaban J connectivity index is 2.16. The number of aromatic nitrogens is 2. The summed E-state index contributed by atoms with van der Waals surface area (Å²) in [5.41, 5.74) is 2.72. The number of ether oxygens (including phenoxy) is 1. The van der Waals surface area contributed by atoms with Crippen molar-refractivity contribution in [1.82, 2.24) is 9.78 Å². The standard InChI is InChI=1S/C15H19ClN2O2/c1-4-12-8-13(18(3)17-12)9-20-15-6-5-11(16)7-14(15)10(2)19/h5-8,10,19H,4,9H2,1-3H3/t10-/m0/s1. The molecule has 108 valence electrons. The first kappa shape index (κ1) is 14.9. The summed E-state index contributed by atoms with van der Waals surface area (Å²) in [6.45, 7) is 4.17. The largest absolute Gasteiger partial charge is 0.487 e. The molecule has 0 unspecified atom stereocenters. The number of aliphatic hydroxyl groups is 1. The summed E-state index contributed by atoms with van der Waals surface area (Å²) in [5, 5.41) is 14.7. The highest BCUT2D eigenvalue weighted by Crippen LogP contribution is 2.28. The van der Waals surface area contributed by atoms with E-state index in [1.165, 1.54) is 0 Å². The molecule has 1 aromatic heterocycles. The maximum atomic E-state index is 9.77. The van der Waals surface area contributed by atoms with Crippen LogP contribution in [0, 0.1) is 0 Å². The van der Waals surface area contributed by atoms with Gasteiger partial charge in [0.2, 0.25) is 0 Å². The van der Waals surface area contributed by atoms with E-state index in [0.717, 1.165) is 17.8 Å². The third-order valence-electron chi connectivity index (χ3n) is 3.19. The van der Waals surface area contributed by atoms with Crippen LogP contribution >= 0.6 is 11.6 Å². The molecule has 0 amide bonds. The van der Waals surface area contributed by atoms with Crippen molar-refractivity contribution in [3.05, 3.63) is 46.2 Å².